The van der Waals surface area contributed by atoms with Crippen molar-refractivity contribution in [1.29, 1.82) is 0 Å². The molecule has 2 fully saturated rings. The van der Waals surface area contributed by atoms with E-state index in [1.807, 2.05) is 53.9 Å². The molecule has 36 heavy (non-hydrogen) atoms. The molecule has 3 aromatic rings. The highest BCUT2D eigenvalue weighted by Crippen LogP contribution is 2.37. The first-order chi connectivity index (χ1) is 17.3. The molecule has 0 spiro atoms. The topological polar surface area (TPSA) is 93.7 Å². The number of nitrogens with zero attached hydrogens (tertiary/aromatic N) is 3. The summed E-state index contributed by atoms with van der Waals surface area (Å²) in [5.41, 5.74) is 3.66. The second kappa shape index (κ2) is 10.3. The number of carbonyl (C=O) groups is 2. The maximum Gasteiger partial charge on any atom is 0.255 e. The van der Waals surface area contributed by atoms with Crippen molar-refractivity contribution < 1.29 is 19.1 Å². The van der Waals surface area contributed by atoms with E-state index in [-0.39, 0.29) is 17.9 Å². The highest BCUT2D eigenvalue weighted by atomic mass is 35.5. The molecule has 0 bridgehead atoms. The lowest BCUT2D eigenvalue weighted by atomic mass is 10.0. The monoisotopic (exact) mass is 526 g/mol. The van der Waals surface area contributed by atoms with Crippen LogP contribution >= 0.6 is 23.1 Å². The summed E-state index contributed by atoms with van der Waals surface area (Å²) in [4.78, 5) is 28.6. The zero-order valence-corrected chi connectivity index (χ0v) is 21.6. The standard InChI is InChI=1S/C26H27ClN4O4S/c1-26(2)34-22(24(32)28-14-16-8-10-17(11-9-16)20-15-36-30-29-20)23(35-26)25(33)31-12-4-7-21(31)18-5-3-6-19(27)13-18/h3,5-6,8-11,13,15,21-23H,4,7,12,14H2,1-2H3,(H,28,32)/t21?,22-,23-/m1/s1. The number of halogens is 1. The van der Waals surface area contributed by atoms with Crippen molar-refractivity contribution in [2.24, 2.45) is 0 Å². The summed E-state index contributed by atoms with van der Waals surface area (Å²) < 4.78 is 15.7. The van der Waals surface area contributed by atoms with Crippen LogP contribution in [0.4, 0.5) is 0 Å². The number of hydrogen-bond donors (Lipinski definition) is 1. The summed E-state index contributed by atoms with van der Waals surface area (Å²) >= 11 is 7.49. The predicted octanol–water partition coefficient (Wildman–Crippen LogP) is 4.36. The smallest absolute Gasteiger partial charge is 0.255 e. The molecule has 0 saturated carbocycles. The maximum atomic E-state index is 13.6. The molecule has 1 aromatic heterocycles. The second-order valence-electron chi connectivity index (χ2n) is 9.43. The van der Waals surface area contributed by atoms with E-state index < -0.39 is 18.0 Å². The van der Waals surface area contributed by atoms with Gasteiger partial charge in [0, 0.05) is 29.1 Å². The largest absolute Gasteiger partial charge is 0.350 e. The Balaban J connectivity index is 1.27. The molecule has 0 aliphatic carbocycles. The van der Waals surface area contributed by atoms with Crippen molar-refractivity contribution in [2.75, 3.05) is 6.54 Å². The Bertz CT molecular complexity index is 1240. The Morgan fingerprint density at radius 2 is 1.94 bits per heavy atom. The van der Waals surface area contributed by atoms with Crippen LogP contribution in [-0.2, 0) is 25.6 Å². The van der Waals surface area contributed by atoms with Gasteiger partial charge in [-0.25, -0.2) is 0 Å². The third kappa shape index (κ3) is 5.29. The van der Waals surface area contributed by atoms with E-state index in [4.69, 9.17) is 21.1 Å². The van der Waals surface area contributed by atoms with Crippen LogP contribution in [0.15, 0.2) is 53.9 Å². The molecule has 2 aliphatic rings. The van der Waals surface area contributed by atoms with Gasteiger partial charge >= 0.3 is 0 Å². The van der Waals surface area contributed by atoms with Crippen LogP contribution in [0.1, 0.15) is 43.9 Å². The number of amides is 2. The first-order valence-electron chi connectivity index (χ1n) is 11.9. The van der Waals surface area contributed by atoms with Crippen LogP contribution in [0.3, 0.4) is 0 Å². The van der Waals surface area contributed by atoms with E-state index in [9.17, 15) is 9.59 Å². The van der Waals surface area contributed by atoms with Crippen LogP contribution in [0.5, 0.6) is 0 Å². The zero-order valence-electron chi connectivity index (χ0n) is 20.0. The second-order valence-corrected chi connectivity index (χ2v) is 10.5. The first kappa shape index (κ1) is 24.8. The van der Waals surface area contributed by atoms with Gasteiger partial charge in [0.1, 0.15) is 5.69 Å². The SMILES string of the molecule is CC1(C)O[C@@H](C(=O)NCc2ccc(-c3csnn3)cc2)[C@H](C(=O)N2CCCC2c2cccc(Cl)c2)O1. The van der Waals surface area contributed by atoms with Gasteiger partial charge in [0.15, 0.2) is 18.0 Å². The molecule has 8 nitrogen and oxygen atoms in total. The minimum absolute atomic E-state index is 0.112. The summed E-state index contributed by atoms with van der Waals surface area (Å²) in [5.74, 6) is -1.69. The van der Waals surface area contributed by atoms with E-state index in [1.165, 1.54) is 11.5 Å². The molecule has 0 radical (unpaired) electrons. The fraction of sp³-hybridized carbons (Fsp3) is 0.385. The number of rotatable bonds is 6. The van der Waals surface area contributed by atoms with Gasteiger partial charge in [0.05, 0.1) is 6.04 Å². The van der Waals surface area contributed by atoms with Gasteiger partial charge in [0.25, 0.3) is 11.8 Å². The molecule has 5 rings (SSSR count). The van der Waals surface area contributed by atoms with Crippen molar-refractivity contribution in [3.05, 3.63) is 70.1 Å². The van der Waals surface area contributed by atoms with Crippen molar-refractivity contribution >= 4 is 34.9 Å². The summed E-state index contributed by atoms with van der Waals surface area (Å²) in [6, 6.07) is 15.2. The maximum absolute atomic E-state index is 13.6. The average molecular weight is 527 g/mol. The lowest BCUT2D eigenvalue weighted by Gasteiger charge is -2.28. The van der Waals surface area contributed by atoms with Gasteiger partial charge in [-0.05, 0) is 61.5 Å². The molecule has 3 atom stereocenters. The molecule has 2 aliphatic heterocycles. The van der Waals surface area contributed by atoms with Crippen molar-refractivity contribution in [1.82, 2.24) is 19.8 Å². The zero-order chi connectivity index (χ0) is 25.3. The molecular weight excluding hydrogens is 500 g/mol. The number of carbonyl (C=O) groups excluding carboxylic acids is 2. The summed E-state index contributed by atoms with van der Waals surface area (Å²) in [6.45, 7) is 4.31. The number of aromatic nitrogens is 2. The minimum Gasteiger partial charge on any atom is -0.350 e. The fourth-order valence-corrected chi connectivity index (χ4v) is 5.43. The summed E-state index contributed by atoms with van der Waals surface area (Å²) in [5, 5.41) is 9.48. The van der Waals surface area contributed by atoms with E-state index in [1.54, 1.807) is 18.7 Å². The van der Waals surface area contributed by atoms with Crippen LogP contribution in [0.2, 0.25) is 5.02 Å². The molecule has 1 N–H and O–H groups in total. The van der Waals surface area contributed by atoms with Crippen LogP contribution in [-0.4, -0.2) is 50.8 Å². The fourth-order valence-electron chi connectivity index (χ4n) is 4.76. The van der Waals surface area contributed by atoms with Gasteiger partial charge in [-0.1, -0.05) is 52.5 Å². The third-order valence-corrected chi connectivity index (χ3v) is 7.18. The number of nitrogens with one attached hydrogen (secondary N) is 1. The number of likely N-dealkylation sites (tertiary alicyclic amines) is 1. The molecule has 2 aromatic carbocycles. The molecular formula is C26H27ClN4O4S. The molecule has 1 unspecified atom stereocenters. The Morgan fingerprint density at radius 1 is 1.17 bits per heavy atom. The van der Waals surface area contributed by atoms with Crippen molar-refractivity contribution in [2.45, 2.75) is 57.3 Å². The van der Waals surface area contributed by atoms with Gasteiger partial charge in [0.2, 0.25) is 0 Å². The van der Waals surface area contributed by atoms with Crippen molar-refractivity contribution in [3.8, 4) is 11.3 Å². The first-order valence-corrected chi connectivity index (χ1v) is 13.1. The third-order valence-electron chi connectivity index (χ3n) is 6.44. The quantitative estimate of drug-likeness (QED) is 0.513. The Labute approximate surface area is 218 Å². The minimum atomic E-state index is -1.06. The normalized spacial score (nSPS) is 23.1. The van der Waals surface area contributed by atoms with E-state index >= 15 is 0 Å². The van der Waals surface area contributed by atoms with E-state index in [0.717, 1.165) is 35.2 Å². The van der Waals surface area contributed by atoms with Crippen molar-refractivity contribution in [3.63, 3.8) is 0 Å². The molecule has 188 valence electrons. The van der Waals surface area contributed by atoms with Gasteiger partial charge in [-0.15, -0.1) is 5.10 Å². The summed E-state index contributed by atoms with van der Waals surface area (Å²) in [7, 11) is 0. The van der Waals surface area contributed by atoms with Crippen LogP contribution in [0.25, 0.3) is 11.3 Å². The Kier molecular flexibility index (Phi) is 7.07. The lowest BCUT2D eigenvalue weighted by Crippen LogP contribution is -2.49. The molecule has 3 heterocycles. The lowest BCUT2D eigenvalue weighted by molar-refractivity contribution is -0.163. The van der Waals surface area contributed by atoms with E-state index in [2.05, 4.69) is 14.9 Å². The molecule has 2 saturated heterocycles. The number of ether oxygens (including phenoxy) is 2. The Hall–Kier alpha value is -2.85. The van der Waals surface area contributed by atoms with Gasteiger partial charge in [-0.3, -0.25) is 9.59 Å². The van der Waals surface area contributed by atoms with Gasteiger partial charge in [-0.2, -0.15) is 0 Å². The summed E-state index contributed by atoms with van der Waals surface area (Å²) in [6.07, 6.45) is -0.385. The Morgan fingerprint density at radius 3 is 2.67 bits per heavy atom. The molecule has 2 amide bonds. The van der Waals surface area contributed by atoms with E-state index in [0.29, 0.717) is 18.1 Å². The number of hydrogen-bond acceptors (Lipinski definition) is 7. The average Bonchev–Trinajstić information content (AvgIpc) is 3.62. The highest BCUT2D eigenvalue weighted by molar-refractivity contribution is 7.03. The molecule has 10 heteroatoms. The van der Waals surface area contributed by atoms with Gasteiger partial charge < -0.3 is 19.7 Å². The number of benzene rings is 2. The highest BCUT2D eigenvalue weighted by Gasteiger charge is 2.51. The van der Waals surface area contributed by atoms with Crippen LogP contribution in [0, 0.1) is 0 Å². The van der Waals surface area contributed by atoms with Crippen LogP contribution < -0.4 is 5.32 Å². The predicted molar refractivity (Wildman–Crippen MR) is 136 cm³/mol.